The molecule has 0 saturated heterocycles. The van der Waals surface area contributed by atoms with E-state index in [4.69, 9.17) is 35.3 Å². The Morgan fingerprint density at radius 1 is 0.636 bits per heavy atom. The second kappa shape index (κ2) is 20.7. The Labute approximate surface area is 327 Å². The third-order valence-electron chi connectivity index (χ3n) is 9.51. The van der Waals surface area contributed by atoms with Gasteiger partial charge in [0.05, 0.1) is 59.9 Å². The maximum Gasteiger partial charge on any atom is 0.255 e. The number of carbonyl (C=O) groups excluding carboxylic acids is 1. The lowest BCUT2D eigenvalue weighted by Crippen LogP contribution is -2.38. The predicted molar refractivity (Wildman–Crippen MR) is 214 cm³/mol. The number of nitrogens with one attached hydrogen (secondary N) is 2. The average molecular weight is 775 g/mol. The van der Waals surface area contributed by atoms with Gasteiger partial charge in [-0.15, -0.1) is 0 Å². The van der Waals surface area contributed by atoms with Gasteiger partial charge in [-0.05, 0) is 89.7 Å². The molecule has 0 saturated carbocycles. The summed E-state index contributed by atoms with van der Waals surface area (Å²) in [5.41, 5.74) is 5.52. The van der Waals surface area contributed by atoms with Crippen LogP contribution in [0.15, 0.2) is 60.7 Å². The van der Waals surface area contributed by atoms with Crippen LogP contribution < -0.4 is 34.3 Å². The molecule has 55 heavy (non-hydrogen) atoms. The zero-order chi connectivity index (χ0) is 39.2. The lowest BCUT2D eigenvalue weighted by atomic mass is 10.0. The molecule has 0 aliphatic carbocycles. The van der Waals surface area contributed by atoms with Gasteiger partial charge in [-0.2, -0.15) is 0 Å². The zero-order valence-corrected chi connectivity index (χ0v) is 32.4. The number of aliphatic hydroxyl groups is 3. The van der Waals surface area contributed by atoms with E-state index >= 15 is 0 Å². The number of anilines is 1. The Bertz CT molecular complexity index is 1880. The van der Waals surface area contributed by atoms with Crippen molar-refractivity contribution in [1.29, 1.82) is 0 Å². The van der Waals surface area contributed by atoms with Gasteiger partial charge < -0.3 is 49.6 Å². The van der Waals surface area contributed by atoms with Crippen molar-refractivity contribution in [2.75, 3.05) is 39.9 Å². The van der Waals surface area contributed by atoms with E-state index in [1.54, 1.807) is 32.4 Å². The molecular weight excluding hydrogens is 724 g/mol. The van der Waals surface area contributed by atoms with Crippen molar-refractivity contribution in [1.82, 2.24) is 5.32 Å². The van der Waals surface area contributed by atoms with E-state index in [0.29, 0.717) is 74.9 Å². The van der Waals surface area contributed by atoms with Gasteiger partial charge in [-0.3, -0.25) is 4.79 Å². The monoisotopic (exact) mass is 774 g/mol. The van der Waals surface area contributed by atoms with Crippen LogP contribution in [0.2, 0.25) is 5.02 Å². The Balaban J connectivity index is 1.01. The van der Waals surface area contributed by atoms with Crippen molar-refractivity contribution in [2.45, 2.75) is 70.9 Å². The molecule has 0 bridgehead atoms. The van der Waals surface area contributed by atoms with Crippen LogP contribution in [-0.2, 0) is 19.8 Å². The first-order chi connectivity index (χ1) is 26.8. The summed E-state index contributed by atoms with van der Waals surface area (Å²) in [5, 5.41) is 36.2. The molecule has 0 fully saturated rings. The number of unbranched alkanes of at least 4 members (excludes halogenated alkanes) is 6. The lowest BCUT2D eigenvalue weighted by molar-refractivity contribution is 0.0935. The summed E-state index contributed by atoms with van der Waals surface area (Å²) in [7, 11) is 4.73. The molecular formula is C43H51ClN2O9. The van der Waals surface area contributed by atoms with Gasteiger partial charge in [0.2, 0.25) is 5.75 Å². The Kier molecular flexibility index (Phi) is 15.5. The van der Waals surface area contributed by atoms with E-state index < -0.39 is 6.17 Å². The van der Waals surface area contributed by atoms with E-state index in [2.05, 4.69) is 10.6 Å². The SMILES string of the molecule is COc1cc(/C=C\c2cc(OC)c(OCCCCCCCCCOc3ccc(C4NC(=O)c5cc(Cl)ccc5N4)cc3CO)c(OC)c2)cc(CO)c1CO. The summed E-state index contributed by atoms with van der Waals surface area (Å²) in [4.78, 5) is 12.6. The summed E-state index contributed by atoms with van der Waals surface area (Å²) in [6.45, 7) is 0.490. The van der Waals surface area contributed by atoms with Crippen molar-refractivity contribution in [3.05, 3.63) is 105 Å². The summed E-state index contributed by atoms with van der Waals surface area (Å²) >= 11 is 6.05. The van der Waals surface area contributed by atoms with E-state index in [1.807, 2.05) is 54.6 Å². The van der Waals surface area contributed by atoms with Gasteiger partial charge in [0, 0.05) is 21.8 Å². The first kappa shape index (κ1) is 41.2. The van der Waals surface area contributed by atoms with Crippen LogP contribution in [0, 0.1) is 0 Å². The van der Waals surface area contributed by atoms with Gasteiger partial charge in [-0.25, -0.2) is 0 Å². The first-order valence-corrected chi connectivity index (χ1v) is 18.9. The van der Waals surface area contributed by atoms with Crippen molar-refractivity contribution < 1.29 is 43.8 Å². The minimum absolute atomic E-state index is 0.172. The number of halogens is 1. The van der Waals surface area contributed by atoms with Crippen LogP contribution in [0.3, 0.4) is 0 Å². The van der Waals surface area contributed by atoms with E-state index in [-0.39, 0.29) is 25.7 Å². The largest absolute Gasteiger partial charge is 0.496 e. The molecule has 1 aliphatic rings. The Hall–Kier alpha value is -4.94. The molecule has 1 atom stereocenters. The predicted octanol–water partition coefficient (Wildman–Crippen LogP) is 8.06. The van der Waals surface area contributed by atoms with E-state index in [0.717, 1.165) is 61.6 Å². The van der Waals surface area contributed by atoms with Gasteiger partial charge in [-0.1, -0.05) is 61.9 Å². The van der Waals surface area contributed by atoms with Gasteiger partial charge in [0.15, 0.2) is 11.5 Å². The maximum absolute atomic E-state index is 12.6. The number of benzene rings is 4. The van der Waals surface area contributed by atoms with Gasteiger partial charge in [0.25, 0.3) is 5.91 Å². The van der Waals surface area contributed by atoms with Crippen LogP contribution in [0.5, 0.6) is 28.7 Å². The number of carbonyl (C=O) groups is 1. The fourth-order valence-corrected chi connectivity index (χ4v) is 6.71. The third-order valence-corrected chi connectivity index (χ3v) is 9.74. The molecule has 1 amide bonds. The first-order valence-electron chi connectivity index (χ1n) is 18.5. The molecule has 1 heterocycles. The van der Waals surface area contributed by atoms with E-state index in [9.17, 15) is 20.1 Å². The highest BCUT2D eigenvalue weighted by atomic mass is 35.5. The lowest BCUT2D eigenvalue weighted by Gasteiger charge is -2.28. The molecule has 5 rings (SSSR count). The molecule has 1 aliphatic heterocycles. The van der Waals surface area contributed by atoms with Gasteiger partial charge in [0.1, 0.15) is 17.7 Å². The molecule has 4 aromatic carbocycles. The second-order valence-corrected chi connectivity index (χ2v) is 13.6. The molecule has 0 aromatic heterocycles. The van der Waals surface area contributed by atoms with E-state index in [1.165, 1.54) is 7.11 Å². The molecule has 294 valence electrons. The molecule has 0 radical (unpaired) electrons. The number of ether oxygens (including phenoxy) is 5. The second-order valence-electron chi connectivity index (χ2n) is 13.2. The molecule has 11 nitrogen and oxygen atoms in total. The number of fused-ring (bicyclic) bond motifs is 1. The number of rotatable bonds is 21. The summed E-state index contributed by atoms with van der Waals surface area (Å²) in [5.74, 6) is 2.65. The topological polar surface area (TPSA) is 148 Å². The Morgan fingerprint density at radius 3 is 1.85 bits per heavy atom. The fourth-order valence-electron chi connectivity index (χ4n) is 6.54. The van der Waals surface area contributed by atoms with Crippen LogP contribution in [0.25, 0.3) is 12.2 Å². The minimum Gasteiger partial charge on any atom is -0.496 e. The molecule has 1 unspecified atom stereocenters. The standard InChI is InChI=1S/C43H51ClN2O9/c1-51-38-20-28(19-31(25-47)35(38)27-49)11-12-29-21-39(52-2)41(40(22-29)53-3)55-18-10-8-6-4-5-7-9-17-54-37-16-13-30(23-32(37)26-48)42-45-36-15-14-33(44)24-34(36)43(50)46-42/h11-16,19-24,42,45,47-49H,4-10,17-18,25-27H2,1-3H3,(H,46,50)/b12-11-. The van der Waals surface area contributed by atoms with Crippen molar-refractivity contribution in [2.24, 2.45) is 0 Å². The normalized spacial score (nSPS) is 13.6. The fraction of sp³-hybridized carbons (Fsp3) is 0.372. The summed E-state index contributed by atoms with van der Waals surface area (Å²) in [6, 6.07) is 18.2. The summed E-state index contributed by atoms with van der Waals surface area (Å²) < 4.78 is 28.9. The van der Waals surface area contributed by atoms with Crippen molar-refractivity contribution in [3.63, 3.8) is 0 Å². The smallest absolute Gasteiger partial charge is 0.255 e. The average Bonchev–Trinajstić information content (AvgIpc) is 3.21. The molecule has 0 spiro atoms. The van der Waals surface area contributed by atoms with Crippen LogP contribution in [0.4, 0.5) is 5.69 Å². The molecule has 5 N–H and O–H groups in total. The number of hydrogen-bond donors (Lipinski definition) is 5. The maximum atomic E-state index is 12.6. The highest BCUT2D eigenvalue weighted by Crippen LogP contribution is 2.39. The Morgan fingerprint density at radius 2 is 1.24 bits per heavy atom. The minimum atomic E-state index is -0.435. The number of methoxy groups -OCH3 is 3. The molecule has 12 heteroatoms. The van der Waals surface area contributed by atoms with Crippen LogP contribution >= 0.6 is 11.6 Å². The molecule has 4 aromatic rings. The van der Waals surface area contributed by atoms with Crippen LogP contribution in [0.1, 0.15) is 94.9 Å². The third kappa shape index (κ3) is 10.9. The highest BCUT2D eigenvalue weighted by molar-refractivity contribution is 6.31. The van der Waals surface area contributed by atoms with Crippen molar-refractivity contribution >= 4 is 35.3 Å². The number of hydrogen-bond acceptors (Lipinski definition) is 10. The highest BCUT2D eigenvalue weighted by Gasteiger charge is 2.25. The number of amides is 1. The quantitative estimate of drug-likeness (QED) is 0.0416. The summed E-state index contributed by atoms with van der Waals surface area (Å²) in [6.07, 6.45) is 10.6. The zero-order valence-electron chi connectivity index (χ0n) is 31.7. The van der Waals surface area contributed by atoms with Gasteiger partial charge >= 0.3 is 0 Å². The van der Waals surface area contributed by atoms with Crippen molar-refractivity contribution in [3.8, 4) is 28.7 Å². The number of aliphatic hydroxyl groups excluding tert-OH is 3. The van der Waals surface area contributed by atoms with Crippen LogP contribution in [-0.4, -0.2) is 55.8 Å².